The summed E-state index contributed by atoms with van der Waals surface area (Å²) in [5.74, 6) is 1.22. The van der Waals surface area contributed by atoms with Crippen molar-refractivity contribution in [1.29, 1.82) is 0 Å². The smallest absolute Gasteiger partial charge is 0.231 e. The maximum Gasteiger partial charge on any atom is 0.231 e. The molecular formula is C24H25FN2O4. The molecule has 2 aromatic carbocycles. The zero-order chi connectivity index (χ0) is 21.2. The van der Waals surface area contributed by atoms with Gasteiger partial charge in [0.1, 0.15) is 5.82 Å². The average molecular weight is 424 g/mol. The molecular weight excluding hydrogens is 399 g/mol. The van der Waals surface area contributed by atoms with Crippen LogP contribution in [0.3, 0.4) is 0 Å². The third-order valence-corrected chi connectivity index (χ3v) is 6.20. The number of hydrogen-bond acceptors (Lipinski definition) is 5. The minimum atomic E-state index is -0.295. The van der Waals surface area contributed by atoms with E-state index in [1.54, 1.807) is 23.1 Å². The van der Waals surface area contributed by atoms with Gasteiger partial charge >= 0.3 is 0 Å². The van der Waals surface area contributed by atoms with Crippen LogP contribution in [0.15, 0.2) is 47.6 Å². The molecule has 1 atom stereocenters. The van der Waals surface area contributed by atoms with Crippen molar-refractivity contribution in [2.45, 2.75) is 44.8 Å². The van der Waals surface area contributed by atoms with Gasteiger partial charge in [-0.3, -0.25) is 4.79 Å². The Morgan fingerprint density at radius 2 is 1.90 bits per heavy atom. The number of oxime groups is 1. The quantitative estimate of drug-likeness (QED) is 0.695. The van der Waals surface area contributed by atoms with Crippen molar-refractivity contribution in [1.82, 2.24) is 4.90 Å². The van der Waals surface area contributed by atoms with Crippen LogP contribution in [0.25, 0.3) is 0 Å². The van der Waals surface area contributed by atoms with E-state index < -0.39 is 0 Å². The molecule has 31 heavy (non-hydrogen) atoms. The van der Waals surface area contributed by atoms with Gasteiger partial charge < -0.3 is 19.2 Å². The molecule has 0 saturated heterocycles. The first-order valence-electron chi connectivity index (χ1n) is 10.8. The lowest BCUT2D eigenvalue weighted by molar-refractivity contribution is -0.137. The van der Waals surface area contributed by atoms with E-state index >= 15 is 0 Å². The molecule has 0 spiro atoms. The van der Waals surface area contributed by atoms with Crippen LogP contribution in [-0.2, 0) is 16.2 Å². The Kier molecular flexibility index (Phi) is 5.49. The molecule has 2 heterocycles. The first kappa shape index (κ1) is 19.8. The Bertz CT molecular complexity index is 1000. The van der Waals surface area contributed by atoms with Gasteiger partial charge in [0.25, 0.3) is 0 Å². The standard InChI is InChI=1S/C24H25FN2O4/c25-20-8-4-3-7-18(20)13-27(24(28)16-5-1-2-6-16)14-19-12-21(26-31-19)17-9-10-22-23(11-17)30-15-29-22/h3-4,7-11,16,19H,1-2,5-6,12-15H2/t19-/m0/s1. The number of halogens is 1. The van der Waals surface area contributed by atoms with Gasteiger partial charge in [-0.1, -0.05) is 36.2 Å². The topological polar surface area (TPSA) is 60.4 Å². The van der Waals surface area contributed by atoms with Crippen LogP contribution in [0.2, 0.25) is 0 Å². The maximum absolute atomic E-state index is 14.3. The highest BCUT2D eigenvalue weighted by Crippen LogP contribution is 2.34. The van der Waals surface area contributed by atoms with Crippen LogP contribution < -0.4 is 9.47 Å². The summed E-state index contributed by atoms with van der Waals surface area (Å²) in [7, 11) is 0. The van der Waals surface area contributed by atoms with Crippen molar-refractivity contribution in [3.8, 4) is 11.5 Å². The largest absolute Gasteiger partial charge is 0.454 e. The molecule has 6 nitrogen and oxygen atoms in total. The van der Waals surface area contributed by atoms with Crippen LogP contribution in [0.1, 0.15) is 43.2 Å². The fraction of sp³-hybridized carbons (Fsp3) is 0.417. The van der Waals surface area contributed by atoms with Crippen LogP contribution in [0.5, 0.6) is 11.5 Å². The molecule has 2 aliphatic heterocycles. The van der Waals surface area contributed by atoms with Crippen LogP contribution in [0.4, 0.5) is 4.39 Å². The van der Waals surface area contributed by atoms with Crippen molar-refractivity contribution in [2.75, 3.05) is 13.3 Å². The third-order valence-electron chi connectivity index (χ3n) is 6.20. The molecule has 0 N–H and O–H groups in total. The Balaban J connectivity index is 1.29. The summed E-state index contributed by atoms with van der Waals surface area (Å²) >= 11 is 0. The number of rotatable bonds is 6. The second-order valence-electron chi connectivity index (χ2n) is 8.33. The monoisotopic (exact) mass is 424 g/mol. The number of nitrogens with zero attached hydrogens (tertiary/aromatic N) is 2. The predicted molar refractivity (Wildman–Crippen MR) is 112 cm³/mol. The SMILES string of the molecule is O=C(C1CCCC1)N(Cc1ccccc1F)C[C@@H]1CC(c2ccc3c(c2)OCO3)=NO1. The lowest BCUT2D eigenvalue weighted by atomic mass is 10.0. The van der Waals surface area contributed by atoms with E-state index in [4.69, 9.17) is 14.3 Å². The van der Waals surface area contributed by atoms with E-state index in [2.05, 4.69) is 5.16 Å². The summed E-state index contributed by atoms with van der Waals surface area (Å²) in [4.78, 5) is 20.6. The van der Waals surface area contributed by atoms with Crippen molar-refractivity contribution < 1.29 is 23.5 Å². The van der Waals surface area contributed by atoms with E-state index in [1.165, 1.54) is 6.07 Å². The Morgan fingerprint density at radius 3 is 2.74 bits per heavy atom. The number of ether oxygens (including phenoxy) is 2. The summed E-state index contributed by atoms with van der Waals surface area (Å²) in [5.41, 5.74) is 2.24. The van der Waals surface area contributed by atoms with Crippen LogP contribution in [0, 0.1) is 11.7 Å². The highest BCUT2D eigenvalue weighted by Gasteiger charge is 2.32. The predicted octanol–water partition coefficient (Wildman–Crippen LogP) is 4.27. The molecule has 0 aromatic heterocycles. The maximum atomic E-state index is 14.3. The molecule has 0 unspecified atom stereocenters. The second-order valence-corrected chi connectivity index (χ2v) is 8.33. The van der Waals surface area contributed by atoms with E-state index in [-0.39, 0.29) is 37.1 Å². The molecule has 1 aliphatic carbocycles. The summed E-state index contributed by atoms with van der Waals surface area (Å²) in [6.45, 7) is 0.834. The van der Waals surface area contributed by atoms with E-state index in [0.29, 0.717) is 24.3 Å². The number of carbonyl (C=O) groups is 1. The highest BCUT2D eigenvalue weighted by atomic mass is 19.1. The number of carbonyl (C=O) groups excluding carboxylic acids is 1. The van der Waals surface area contributed by atoms with Crippen molar-refractivity contribution >= 4 is 11.6 Å². The van der Waals surface area contributed by atoms with Crippen molar-refractivity contribution in [2.24, 2.45) is 11.1 Å². The highest BCUT2D eigenvalue weighted by molar-refractivity contribution is 6.01. The lowest BCUT2D eigenvalue weighted by Gasteiger charge is -2.27. The Morgan fingerprint density at radius 1 is 1.10 bits per heavy atom. The first-order chi connectivity index (χ1) is 15.2. The lowest BCUT2D eigenvalue weighted by Crippen LogP contribution is -2.40. The van der Waals surface area contributed by atoms with Gasteiger partial charge in [-0.25, -0.2) is 4.39 Å². The van der Waals surface area contributed by atoms with Crippen LogP contribution >= 0.6 is 0 Å². The van der Waals surface area contributed by atoms with Crippen molar-refractivity contribution in [3.63, 3.8) is 0 Å². The van der Waals surface area contributed by atoms with Gasteiger partial charge in [0.15, 0.2) is 17.6 Å². The summed E-state index contributed by atoms with van der Waals surface area (Å²) in [6.07, 6.45) is 4.25. The number of amides is 1. The molecule has 5 rings (SSSR count). The first-order valence-corrected chi connectivity index (χ1v) is 10.8. The van der Waals surface area contributed by atoms with E-state index in [1.807, 2.05) is 18.2 Å². The molecule has 0 bridgehead atoms. The Labute approximate surface area is 180 Å². The minimum Gasteiger partial charge on any atom is -0.454 e. The normalized spacial score (nSPS) is 19.9. The number of benzene rings is 2. The van der Waals surface area contributed by atoms with E-state index in [0.717, 1.165) is 42.7 Å². The van der Waals surface area contributed by atoms with Gasteiger partial charge in [0.2, 0.25) is 12.7 Å². The summed E-state index contributed by atoms with van der Waals surface area (Å²) in [5, 5.41) is 4.26. The van der Waals surface area contributed by atoms with Crippen molar-refractivity contribution in [3.05, 3.63) is 59.4 Å². The zero-order valence-electron chi connectivity index (χ0n) is 17.3. The van der Waals surface area contributed by atoms with Gasteiger partial charge in [-0.2, -0.15) is 0 Å². The molecule has 2 aromatic rings. The fourth-order valence-corrected chi connectivity index (χ4v) is 4.51. The minimum absolute atomic E-state index is 0.0161. The number of hydrogen-bond donors (Lipinski definition) is 0. The van der Waals surface area contributed by atoms with Gasteiger partial charge in [-0.05, 0) is 37.1 Å². The second kappa shape index (κ2) is 8.57. The van der Waals surface area contributed by atoms with Gasteiger partial charge in [0.05, 0.1) is 12.3 Å². The zero-order valence-corrected chi connectivity index (χ0v) is 17.3. The third kappa shape index (κ3) is 4.22. The number of fused-ring (bicyclic) bond motifs is 1. The fourth-order valence-electron chi connectivity index (χ4n) is 4.51. The summed E-state index contributed by atoms with van der Waals surface area (Å²) in [6, 6.07) is 12.3. The molecule has 162 valence electrons. The van der Waals surface area contributed by atoms with Gasteiger partial charge in [-0.15, -0.1) is 0 Å². The Hall–Kier alpha value is -3.09. The molecule has 1 amide bonds. The van der Waals surface area contributed by atoms with Gasteiger partial charge in [0, 0.05) is 30.0 Å². The molecule has 1 saturated carbocycles. The van der Waals surface area contributed by atoms with E-state index in [9.17, 15) is 9.18 Å². The summed E-state index contributed by atoms with van der Waals surface area (Å²) < 4.78 is 25.1. The molecule has 0 radical (unpaired) electrons. The molecule has 3 aliphatic rings. The molecule has 1 fully saturated rings. The molecule has 7 heteroatoms. The average Bonchev–Trinajstić information content (AvgIpc) is 3.55. The van der Waals surface area contributed by atoms with Crippen LogP contribution in [-0.4, -0.2) is 36.0 Å².